The highest BCUT2D eigenvalue weighted by Gasteiger charge is 2.43. The molecule has 0 spiro atoms. The molecule has 106 valence electrons. The third-order valence-electron chi connectivity index (χ3n) is 4.27. The van der Waals surface area contributed by atoms with Crippen molar-refractivity contribution in [2.75, 3.05) is 11.4 Å². The molecule has 4 nitrogen and oxygen atoms in total. The molecule has 0 saturated heterocycles. The molecule has 1 aliphatic rings. The zero-order valence-corrected chi connectivity index (χ0v) is 12.4. The van der Waals surface area contributed by atoms with Gasteiger partial charge in [-0.3, -0.25) is 4.79 Å². The van der Waals surface area contributed by atoms with Crippen molar-refractivity contribution in [1.82, 2.24) is 9.97 Å². The maximum atomic E-state index is 12.7. The van der Waals surface area contributed by atoms with Crippen LogP contribution in [-0.2, 0) is 10.2 Å². The maximum absolute atomic E-state index is 12.7. The molecule has 0 aliphatic carbocycles. The van der Waals surface area contributed by atoms with Crippen LogP contribution in [0, 0.1) is 0 Å². The van der Waals surface area contributed by atoms with Gasteiger partial charge in [0.15, 0.2) is 0 Å². The number of anilines is 1. The number of amides is 1. The van der Waals surface area contributed by atoms with Crippen molar-refractivity contribution in [3.8, 4) is 0 Å². The predicted molar refractivity (Wildman–Crippen MR) is 81.0 cm³/mol. The number of nitrogens with zero attached hydrogens (tertiary/aromatic N) is 2. The van der Waals surface area contributed by atoms with Crippen LogP contribution < -0.4 is 4.90 Å². The highest BCUT2D eigenvalue weighted by atomic mass is 16.2. The van der Waals surface area contributed by atoms with E-state index in [4.69, 9.17) is 0 Å². The Morgan fingerprint density at radius 2 is 2.10 bits per heavy atom. The summed E-state index contributed by atoms with van der Waals surface area (Å²) in [6.07, 6.45) is 5.08. The summed E-state index contributed by atoms with van der Waals surface area (Å²) in [5.74, 6) is 0.205. The fourth-order valence-corrected chi connectivity index (χ4v) is 3.00. The normalized spacial score (nSPS) is 16.9. The van der Waals surface area contributed by atoms with Gasteiger partial charge in [-0.1, -0.05) is 19.8 Å². The minimum atomic E-state index is -0.444. The molecule has 0 bridgehead atoms. The number of carbonyl (C=O) groups is 1. The number of unbranched alkanes of at least 4 members (excludes halogenated alkanes) is 2. The molecule has 0 unspecified atom stereocenters. The van der Waals surface area contributed by atoms with Crippen LogP contribution in [0.4, 0.5) is 5.69 Å². The van der Waals surface area contributed by atoms with E-state index in [1.54, 1.807) is 6.33 Å². The number of fused-ring (bicyclic) bond motifs is 2. The highest BCUT2D eigenvalue weighted by Crippen LogP contribution is 2.43. The predicted octanol–water partition coefficient (Wildman–Crippen LogP) is 3.38. The molecular weight excluding hydrogens is 250 g/mol. The Morgan fingerprint density at radius 1 is 1.30 bits per heavy atom. The highest BCUT2D eigenvalue weighted by molar-refractivity contribution is 6.09. The van der Waals surface area contributed by atoms with E-state index >= 15 is 0 Å². The zero-order chi connectivity index (χ0) is 14.3. The van der Waals surface area contributed by atoms with Crippen LogP contribution in [0.15, 0.2) is 18.5 Å². The first kappa shape index (κ1) is 13.2. The lowest BCUT2D eigenvalue weighted by Gasteiger charge is -2.20. The van der Waals surface area contributed by atoms with Gasteiger partial charge in [0.25, 0.3) is 0 Å². The lowest BCUT2D eigenvalue weighted by molar-refractivity contribution is -0.122. The average Bonchev–Trinajstić information content (AvgIpc) is 2.94. The second kappa shape index (κ2) is 4.62. The molecule has 1 N–H and O–H groups in total. The van der Waals surface area contributed by atoms with Gasteiger partial charge in [-0.05, 0) is 38.0 Å². The molecule has 0 saturated carbocycles. The lowest BCUT2D eigenvalue weighted by atomic mass is 9.86. The molecule has 2 heterocycles. The van der Waals surface area contributed by atoms with Crippen molar-refractivity contribution in [2.24, 2.45) is 0 Å². The van der Waals surface area contributed by atoms with Gasteiger partial charge in [-0.25, -0.2) is 4.98 Å². The Bertz CT molecular complexity index is 657. The first-order valence-corrected chi connectivity index (χ1v) is 7.35. The third kappa shape index (κ3) is 1.82. The zero-order valence-electron chi connectivity index (χ0n) is 12.4. The Kier molecular flexibility index (Phi) is 3.04. The number of hydrogen-bond acceptors (Lipinski definition) is 2. The van der Waals surface area contributed by atoms with Crippen molar-refractivity contribution < 1.29 is 4.79 Å². The largest absolute Gasteiger partial charge is 0.345 e. The molecule has 1 amide bonds. The third-order valence-corrected chi connectivity index (χ3v) is 4.27. The fraction of sp³-hybridized carbons (Fsp3) is 0.500. The van der Waals surface area contributed by atoms with Crippen LogP contribution in [0.25, 0.3) is 11.0 Å². The number of imidazole rings is 1. The van der Waals surface area contributed by atoms with Crippen LogP contribution in [0.5, 0.6) is 0 Å². The van der Waals surface area contributed by atoms with Crippen molar-refractivity contribution >= 4 is 22.6 Å². The quantitative estimate of drug-likeness (QED) is 0.867. The Labute approximate surface area is 119 Å². The molecule has 0 radical (unpaired) electrons. The number of hydrogen-bond donors (Lipinski definition) is 1. The SMILES string of the molecule is CCCCCN1C(=O)C(C)(C)c2cc3[nH]cnc3cc21. The summed E-state index contributed by atoms with van der Waals surface area (Å²) in [5, 5.41) is 0. The summed E-state index contributed by atoms with van der Waals surface area (Å²) >= 11 is 0. The van der Waals surface area contributed by atoms with Crippen LogP contribution in [0.1, 0.15) is 45.6 Å². The minimum Gasteiger partial charge on any atom is -0.345 e. The van der Waals surface area contributed by atoms with Gasteiger partial charge in [0.05, 0.1) is 28.5 Å². The van der Waals surface area contributed by atoms with E-state index in [0.29, 0.717) is 0 Å². The molecule has 3 rings (SSSR count). The number of carbonyl (C=O) groups excluding carboxylic acids is 1. The first-order chi connectivity index (χ1) is 9.55. The summed E-state index contributed by atoms with van der Waals surface area (Å²) in [4.78, 5) is 22.1. The van der Waals surface area contributed by atoms with E-state index < -0.39 is 5.41 Å². The monoisotopic (exact) mass is 271 g/mol. The van der Waals surface area contributed by atoms with E-state index in [-0.39, 0.29) is 5.91 Å². The number of aromatic amines is 1. The summed E-state index contributed by atoms with van der Waals surface area (Å²) in [5.41, 5.74) is 3.63. The molecule has 1 aliphatic heterocycles. The van der Waals surface area contributed by atoms with Crippen molar-refractivity contribution in [3.05, 3.63) is 24.0 Å². The number of benzene rings is 1. The van der Waals surface area contributed by atoms with Crippen LogP contribution in [0.2, 0.25) is 0 Å². The van der Waals surface area contributed by atoms with Gasteiger partial charge in [0.2, 0.25) is 5.91 Å². The van der Waals surface area contributed by atoms with Crippen LogP contribution >= 0.6 is 0 Å². The second-order valence-electron chi connectivity index (χ2n) is 6.08. The van der Waals surface area contributed by atoms with Crippen LogP contribution in [-0.4, -0.2) is 22.4 Å². The van der Waals surface area contributed by atoms with E-state index in [1.165, 1.54) is 0 Å². The Balaban J connectivity index is 2.05. The van der Waals surface area contributed by atoms with Gasteiger partial charge in [0.1, 0.15) is 0 Å². The number of aromatic nitrogens is 2. The number of rotatable bonds is 4. The van der Waals surface area contributed by atoms with Gasteiger partial charge in [-0.15, -0.1) is 0 Å². The van der Waals surface area contributed by atoms with Gasteiger partial charge in [-0.2, -0.15) is 0 Å². The summed E-state index contributed by atoms with van der Waals surface area (Å²) in [7, 11) is 0. The minimum absolute atomic E-state index is 0.205. The topological polar surface area (TPSA) is 49.0 Å². The number of nitrogens with one attached hydrogen (secondary N) is 1. The van der Waals surface area contributed by atoms with Crippen molar-refractivity contribution in [3.63, 3.8) is 0 Å². The molecule has 4 heteroatoms. The Hall–Kier alpha value is -1.84. The summed E-state index contributed by atoms with van der Waals surface area (Å²) in [6, 6.07) is 4.12. The summed E-state index contributed by atoms with van der Waals surface area (Å²) in [6.45, 7) is 7.00. The standard InChI is InChI=1S/C16H21N3O/c1-4-5-6-7-19-14-9-13-12(17-10-18-13)8-11(14)16(2,3)15(19)20/h8-10H,4-7H2,1-3H3,(H,17,18). The van der Waals surface area contributed by atoms with E-state index in [0.717, 1.165) is 48.1 Å². The molecule has 0 fully saturated rings. The lowest BCUT2D eigenvalue weighted by Crippen LogP contribution is -2.36. The molecule has 2 aromatic rings. The number of H-pyrrole nitrogens is 1. The van der Waals surface area contributed by atoms with E-state index in [9.17, 15) is 4.79 Å². The molecule has 1 aromatic carbocycles. The van der Waals surface area contributed by atoms with E-state index in [2.05, 4.69) is 23.0 Å². The second-order valence-corrected chi connectivity index (χ2v) is 6.08. The molecule has 20 heavy (non-hydrogen) atoms. The average molecular weight is 271 g/mol. The van der Waals surface area contributed by atoms with Crippen molar-refractivity contribution in [2.45, 2.75) is 45.4 Å². The van der Waals surface area contributed by atoms with Crippen LogP contribution in [0.3, 0.4) is 0 Å². The van der Waals surface area contributed by atoms with Crippen molar-refractivity contribution in [1.29, 1.82) is 0 Å². The maximum Gasteiger partial charge on any atom is 0.237 e. The molecule has 1 aromatic heterocycles. The van der Waals surface area contributed by atoms with Gasteiger partial charge in [0, 0.05) is 6.54 Å². The summed E-state index contributed by atoms with van der Waals surface area (Å²) < 4.78 is 0. The molecular formula is C16H21N3O. The van der Waals surface area contributed by atoms with E-state index in [1.807, 2.05) is 24.8 Å². The smallest absolute Gasteiger partial charge is 0.237 e. The molecule has 0 atom stereocenters. The first-order valence-electron chi connectivity index (χ1n) is 7.35. The van der Waals surface area contributed by atoms with Gasteiger partial charge < -0.3 is 9.88 Å². The fourth-order valence-electron chi connectivity index (χ4n) is 3.00. The Morgan fingerprint density at radius 3 is 2.85 bits per heavy atom. The van der Waals surface area contributed by atoms with Gasteiger partial charge >= 0.3 is 0 Å².